The van der Waals surface area contributed by atoms with Crippen molar-refractivity contribution >= 4 is 29.6 Å². The molecule has 0 unspecified atom stereocenters. The summed E-state index contributed by atoms with van der Waals surface area (Å²) in [6, 6.07) is 12.6. The SMILES string of the molecule is N#COc1ccc(N=COCC(=O)c2ccc(N=C=O)cc2)cc1.O.[HH].[HH]. The zero-order valence-corrected chi connectivity index (χ0v) is 12.9. The van der Waals surface area contributed by atoms with Gasteiger partial charge in [-0.2, -0.15) is 4.99 Å². The first-order valence-electron chi connectivity index (χ1n) is 6.74. The molecule has 0 amide bonds. The Labute approximate surface area is 145 Å². The zero-order chi connectivity index (χ0) is 17.2. The minimum absolute atomic E-state index is 0. The Balaban J connectivity index is 0. The van der Waals surface area contributed by atoms with E-state index in [4.69, 9.17) is 10.00 Å². The van der Waals surface area contributed by atoms with E-state index < -0.39 is 0 Å². The summed E-state index contributed by atoms with van der Waals surface area (Å²) < 4.78 is 9.74. The number of nitrogens with zero attached hydrogens (tertiary/aromatic N) is 3. The van der Waals surface area contributed by atoms with E-state index in [9.17, 15) is 9.59 Å². The van der Waals surface area contributed by atoms with Crippen molar-refractivity contribution in [2.75, 3.05) is 6.61 Å². The highest BCUT2D eigenvalue weighted by Crippen LogP contribution is 2.17. The molecule has 8 heteroatoms. The summed E-state index contributed by atoms with van der Waals surface area (Å²) in [6.45, 7) is -0.171. The number of ketones is 1. The molecule has 0 aliphatic carbocycles. The summed E-state index contributed by atoms with van der Waals surface area (Å²) in [5.41, 5.74) is 1.45. The molecule has 0 heterocycles. The minimum atomic E-state index is -0.235. The summed E-state index contributed by atoms with van der Waals surface area (Å²) in [7, 11) is 0. The highest BCUT2D eigenvalue weighted by molar-refractivity contribution is 5.97. The van der Waals surface area contributed by atoms with Crippen LogP contribution < -0.4 is 4.74 Å². The molecule has 2 N–H and O–H groups in total. The summed E-state index contributed by atoms with van der Waals surface area (Å²) in [6.07, 6.45) is 4.16. The number of hydrogen-bond donors (Lipinski definition) is 0. The minimum Gasteiger partial charge on any atom is -0.475 e. The van der Waals surface area contributed by atoms with Gasteiger partial charge in [-0.25, -0.2) is 9.79 Å². The van der Waals surface area contributed by atoms with Crippen LogP contribution in [0.5, 0.6) is 5.75 Å². The summed E-state index contributed by atoms with van der Waals surface area (Å²) in [5.74, 6) is 0.177. The molecule has 0 aliphatic heterocycles. The second-order valence-electron chi connectivity index (χ2n) is 4.41. The highest BCUT2D eigenvalue weighted by atomic mass is 16.5. The van der Waals surface area contributed by atoms with Crippen LogP contribution in [0.1, 0.15) is 13.2 Å². The van der Waals surface area contributed by atoms with Crippen molar-refractivity contribution in [2.24, 2.45) is 9.98 Å². The first-order chi connectivity index (χ1) is 11.7. The molecule has 0 saturated heterocycles. The number of aliphatic imine (C=N–C) groups is 2. The first-order valence-corrected chi connectivity index (χ1v) is 6.74. The maximum atomic E-state index is 11.9. The Morgan fingerprint density at radius 3 is 2.36 bits per heavy atom. The molecule has 0 atom stereocenters. The van der Waals surface area contributed by atoms with Gasteiger partial charge in [0, 0.05) is 8.42 Å². The number of Topliss-reactive ketones (excluding diaryl/α,β-unsaturated/α-hetero) is 1. The third-order valence-electron chi connectivity index (χ3n) is 2.85. The van der Waals surface area contributed by atoms with E-state index >= 15 is 0 Å². The predicted molar refractivity (Wildman–Crippen MR) is 93.2 cm³/mol. The summed E-state index contributed by atoms with van der Waals surface area (Å²) in [5, 5.41) is 8.37. The van der Waals surface area contributed by atoms with Crippen molar-refractivity contribution in [1.82, 2.24) is 0 Å². The lowest BCUT2D eigenvalue weighted by Crippen LogP contribution is -2.07. The van der Waals surface area contributed by atoms with Gasteiger partial charge < -0.3 is 14.9 Å². The summed E-state index contributed by atoms with van der Waals surface area (Å²) in [4.78, 5) is 29.5. The van der Waals surface area contributed by atoms with E-state index in [0.717, 1.165) is 0 Å². The molecular weight excluding hydrogens is 326 g/mol. The average molecular weight is 343 g/mol. The smallest absolute Gasteiger partial charge is 0.292 e. The van der Waals surface area contributed by atoms with Crippen LogP contribution in [0, 0.1) is 11.5 Å². The number of benzene rings is 2. The quantitative estimate of drug-likeness (QED) is 0.250. The lowest BCUT2D eigenvalue weighted by molar-refractivity contribution is 0.0919. The van der Waals surface area contributed by atoms with Crippen LogP contribution in [0.3, 0.4) is 0 Å². The van der Waals surface area contributed by atoms with Gasteiger partial charge in [0.25, 0.3) is 6.26 Å². The van der Waals surface area contributed by atoms with Gasteiger partial charge in [0.1, 0.15) is 5.75 Å². The molecule has 25 heavy (non-hydrogen) atoms. The van der Waals surface area contributed by atoms with Crippen molar-refractivity contribution < 1.29 is 27.4 Å². The van der Waals surface area contributed by atoms with Gasteiger partial charge in [-0.3, -0.25) is 4.79 Å². The molecule has 2 aromatic rings. The Morgan fingerprint density at radius 1 is 1.12 bits per heavy atom. The molecule has 0 saturated carbocycles. The molecule has 2 aromatic carbocycles. The number of rotatable bonds is 7. The molecule has 0 fully saturated rings. The predicted octanol–water partition coefficient (Wildman–Crippen LogP) is 2.74. The van der Waals surface area contributed by atoms with Crippen molar-refractivity contribution in [2.45, 2.75) is 0 Å². The van der Waals surface area contributed by atoms with Crippen LogP contribution >= 0.6 is 0 Å². The number of ether oxygens (including phenoxy) is 2. The lowest BCUT2D eigenvalue weighted by Gasteiger charge is -2.01. The third-order valence-corrected chi connectivity index (χ3v) is 2.85. The van der Waals surface area contributed by atoms with E-state index in [2.05, 4.69) is 14.7 Å². The van der Waals surface area contributed by atoms with E-state index in [1.165, 1.54) is 24.6 Å². The van der Waals surface area contributed by atoms with Crippen LogP contribution in [0.15, 0.2) is 58.5 Å². The van der Waals surface area contributed by atoms with Gasteiger partial charge in [-0.05, 0) is 48.5 Å². The second kappa shape index (κ2) is 10.1. The maximum absolute atomic E-state index is 11.9. The molecule has 8 nitrogen and oxygen atoms in total. The monoisotopic (exact) mass is 343 g/mol. The molecule has 130 valence electrons. The number of hydrogen-bond acceptors (Lipinski definition) is 7. The van der Waals surface area contributed by atoms with Gasteiger partial charge in [-0.1, -0.05) is 0 Å². The molecule has 0 aromatic heterocycles. The van der Waals surface area contributed by atoms with Crippen molar-refractivity contribution in [3.8, 4) is 12.0 Å². The Kier molecular flexibility index (Phi) is 7.76. The van der Waals surface area contributed by atoms with Crippen LogP contribution in [0.4, 0.5) is 11.4 Å². The van der Waals surface area contributed by atoms with E-state index in [1.54, 1.807) is 42.7 Å². The summed E-state index contributed by atoms with van der Waals surface area (Å²) >= 11 is 0. The van der Waals surface area contributed by atoms with Crippen molar-refractivity contribution in [1.29, 1.82) is 5.26 Å². The molecular formula is C17H17N3O5. The lowest BCUT2D eigenvalue weighted by atomic mass is 10.1. The fourth-order valence-corrected chi connectivity index (χ4v) is 1.72. The third kappa shape index (κ3) is 6.08. The van der Waals surface area contributed by atoms with Crippen LogP contribution in [0.25, 0.3) is 0 Å². The largest absolute Gasteiger partial charge is 0.475 e. The van der Waals surface area contributed by atoms with Crippen LogP contribution in [0.2, 0.25) is 0 Å². The van der Waals surface area contributed by atoms with Gasteiger partial charge >= 0.3 is 0 Å². The molecule has 0 bridgehead atoms. The zero-order valence-electron chi connectivity index (χ0n) is 12.9. The Morgan fingerprint density at radius 2 is 1.76 bits per heavy atom. The van der Waals surface area contributed by atoms with Crippen LogP contribution in [-0.2, 0) is 9.53 Å². The Hall–Kier alpha value is -3.79. The fourth-order valence-electron chi connectivity index (χ4n) is 1.72. The maximum Gasteiger partial charge on any atom is 0.292 e. The number of nitriles is 1. The Bertz CT molecular complexity index is 827. The van der Waals surface area contributed by atoms with Gasteiger partial charge in [0.2, 0.25) is 6.08 Å². The van der Waals surface area contributed by atoms with E-state index in [1.807, 2.05) is 0 Å². The van der Waals surface area contributed by atoms with Crippen molar-refractivity contribution in [3.05, 3.63) is 54.1 Å². The molecule has 0 aliphatic rings. The normalized spacial score (nSPS) is 9.40. The average Bonchev–Trinajstić information content (AvgIpc) is 2.61. The first kappa shape index (κ1) is 19.3. The number of carbonyl (C=O) groups is 1. The number of carbonyl (C=O) groups excluding carboxylic acids is 2. The number of isocyanates is 1. The van der Waals surface area contributed by atoms with E-state index in [0.29, 0.717) is 22.7 Å². The van der Waals surface area contributed by atoms with E-state index in [-0.39, 0.29) is 20.7 Å². The molecule has 0 spiro atoms. The van der Waals surface area contributed by atoms with Gasteiger partial charge in [0.15, 0.2) is 18.8 Å². The topological polar surface area (TPSA) is 133 Å². The standard InChI is InChI=1S/C17H11N3O4.H2O.2H2/c18-10-24-16-7-5-15(6-8-16)20-12-23-9-17(22)13-1-3-14(4-2-13)19-11-21;;;/h1-8,12H,9H2;1H2;2*1H. The molecule has 2 rings (SSSR count). The van der Waals surface area contributed by atoms with Crippen molar-refractivity contribution in [3.63, 3.8) is 0 Å². The van der Waals surface area contributed by atoms with Gasteiger partial charge in [-0.15, -0.1) is 5.26 Å². The fraction of sp³-hybridized carbons (Fsp3) is 0.0588. The van der Waals surface area contributed by atoms with Crippen LogP contribution in [-0.4, -0.2) is 30.3 Å². The second-order valence-corrected chi connectivity index (χ2v) is 4.41. The van der Waals surface area contributed by atoms with Gasteiger partial charge in [0.05, 0.1) is 11.4 Å². The highest BCUT2D eigenvalue weighted by Gasteiger charge is 2.05. The molecule has 0 radical (unpaired) electrons.